The summed E-state index contributed by atoms with van der Waals surface area (Å²) in [4.78, 5) is 17.1. The number of hydrogen-bond acceptors (Lipinski definition) is 5. The maximum atomic E-state index is 11.8. The molecule has 0 amide bonds. The number of hydrogen-bond donors (Lipinski definition) is 1. The number of rotatable bonds is 4. The summed E-state index contributed by atoms with van der Waals surface area (Å²) in [5, 5.41) is 0.493. The van der Waals surface area contributed by atoms with E-state index in [0.29, 0.717) is 11.7 Å². The Balaban J connectivity index is 1.92. The fourth-order valence-corrected chi connectivity index (χ4v) is 3.78. The molecule has 2 aromatic rings. The lowest BCUT2D eigenvalue weighted by Gasteiger charge is -2.16. The maximum absolute atomic E-state index is 11.8. The predicted molar refractivity (Wildman–Crippen MR) is 88.9 cm³/mol. The number of nitrogen functional groups attached to an aromatic ring is 1. The van der Waals surface area contributed by atoms with Crippen LogP contribution in [-0.2, 0) is 28.8 Å². The zero-order valence-corrected chi connectivity index (χ0v) is 13.5. The molecule has 0 radical (unpaired) electrons. The van der Waals surface area contributed by atoms with Crippen LogP contribution in [0.3, 0.4) is 0 Å². The zero-order valence-electron chi connectivity index (χ0n) is 12.7. The molecule has 1 heterocycles. The van der Waals surface area contributed by atoms with Gasteiger partial charge in [-0.2, -0.15) is 0 Å². The van der Waals surface area contributed by atoms with E-state index < -0.39 is 0 Å². The highest BCUT2D eigenvalue weighted by atomic mass is 32.1. The van der Waals surface area contributed by atoms with Gasteiger partial charge in [-0.1, -0.05) is 12.1 Å². The molecule has 5 heteroatoms. The number of ether oxygens (including phenoxy) is 1. The Morgan fingerprint density at radius 3 is 2.86 bits per heavy atom. The molecule has 3 rings (SSSR count). The number of carbonyl (C=O) groups is 1. The van der Waals surface area contributed by atoms with Gasteiger partial charge in [-0.3, -0.25) is 4.79 Å². The van der Waals surface area contributed by atoms with E-state index in [2.05, 4.69) is 23.2 Å². The maximum Gasteiger partial charge on any atom is 0.311 e. The van der Waals surface area contributed by atoms with Crippen LogP contribution in [0.4, 0.5) is 5.13 Å². The van der Waals surface area contributed by atoms with Crippen molar-refractivity contribution >= 4 is 22.4 Å². The van der Waals surface area contributed by atoms with Crippen molar-refractivity contribution in [3.05, 3.63) is 34.2 Å². The van der Waals surface area contributed by atoms with Crippen molar-refractivity contribution in [1.29, 1.82) is 0 Å². The van der Waals surface area contributed by atoms with Crippen LogP contribution in [0, 0.1) is 0 Å². The first-order valence-corrected chi connectivity index (χ1v) is 8.52. The fourth-order valence-electron chi connectivity index (χ4n) is 2.94. The third-order valence-corrected chi connectivity index (χ3v) is 4.83. The molecule has 1 aromatic carbocycles. The topological polar surface area (TPSA) is 65.2 Å². The molecule has 0 spiro atoms. The number of benzene rings is 1. The zero-order chi connectivity index (χ0) is 15.5. The van der Waals surface area contributed by atoms with E-state index in [9.17, 15) is 4.79 Å². The van der Waals surface area contributed by atoms with E-state index in [1.54, 1.807) is 0 Å². The van der Waals surface area contributed by atoms with E-state index in [1.165, 1.54) is 35.3 Å². The molecule has 0 unspecified atom stereocenters. The number of nitrogens with two attached hydrogens (primary N) is 1. The van der Waals surface area contributed by atoms with Crippen LogP contribution >= 0.6 is 11.3 Å². The van der Waals surface area contributed by atoms with E-state index >= 15 is 0 Å². The molecule has 1 aliphatic carbocycles. The van der Waals surface area contributed by atoms with E-state index in [4.69, 9.17) is 10.5 Å². The van der Waals surface area contributed by atoms with Gasteiger partial charge in [-0.25, -0.2) is 4.98 Å². The van der Waals surface area contributed by atoms with Crippen LogP contribution in [0.25, 0.3) is 11.3 Å². The molecule has 0 saturated heterocycles. The summed E-state index contributed by atoms with van der Waals surface area (Å²) in [5.74, 6) is -0.231. The summed E-state index contributed by atoms with van der Waals surface area (Å²) < 4.78 is 5.04. The third-order valence-electron chi connectivity index (χ3n) is 3.95. The molecule has 1 aliphatic rings. The second-order valence-electron chi connectivity index (χ2n) is 5.50. The summed E-state index contributed by atoms with van der Waals surface area (Å²) in [6.07, 6.45) is 5.02. The van der Waals surface area contributed by atoms with Gasteiger partial charge >= 0.3 is 5.97 Å². The Morgan fingerprint density at radius 2 is 2.09 bits per heavy atom. The van der Waals surface area contributed by atoms with Crippen LogP contribution in [0.1, 0.15) is 35.8 Å². The Kier molecular flexibility index (Phi) is 4.43. The largest absolute Gasteiger partial charge is 0.466 e. The Morgan fingerprint density at radius 1 is 1.32 bits per heavy atom. The standard InChI is InChI=1S/C17H20N2O2S/c1-2-21-15(20)10-14-16(19-17(18)22-14)13-8-7-11-5-3-4-6-12(11)9-13/h7-9H,2-6,10H2,1H3,(H2,18,19). The number of carbonyl (C=O) groups excluding carboxylic acids is 1. The first-order valence-electron chi connectivity index (χ1n) is 7.70. The SMILES string of the molecule is CCOC(=O)Cc1sc(N)nc1-c1ccc2c(c1)CCCC2. The molecule has 0 fully saturated rings. The molecule has 116 valence electrons. The average molecular weight is 316 g/mol. The second-order valence-corrected chi connectivity index (χ2v) is 6.61. The highest BCUT2D eigenvalue weighted by Crippen LogP contribution is 2.33. The minimum atomic E-state index is -0.231. The summed E-state index contributed by atoms with van der Waals surface area (Å²) in [6.45, 7) is 2.20. The normalized spacial score (nSPS) is 13.7. The molecule has 0 bridgehead atoms. The number of aryl methyl sites for hydroxylation is 2. The molecule has 0 saturated carbocycles. The quantitative estimate of drug-likeness (QED) is 0.878. The summed E-state index contributed by atoms with van der Waals surface area (Å²) in [6, 6.07) is 6.48. The average Bonchev–Trinajstić information content (AvgIpc) is 2.87. The Labute approximate surface area is 134 Å². The number of anilines is 1. The Bertz CT molecular complexity index is 694. The van der Waals surface area contributed by atoms with E-state index in [0.717, 1.165) is 29.0 Å². The van der Waals surface area contributed by atoms with Crippen molar-refractivity contribution in [2.45, 2.75) is 39.0 Å². The minimum Gasteiger partial charge on any atom is -0.466 e. The number of esters is 1. The number of thiazole rings is 1. The lowest BCUT2D eigenvalue weighted by molar-refractivity contribution is -0.142. The minimum absolute atomic E-state index is 0.231. The van der Waals surface area contributed by atoms with Gasteiger partial charge in [0.1, 0.15) is 0 Å². The van der Waals surface area contributed by atoms with Crippen LogP contribution in [0.5, 0.6) is 0 Å². The number of aromatic nitrogens is 1. The monoisotopic (exact) mass is 316 g/mol. The molecule has 1 aromatic heterocycles. The lowest BCUT2D eigenvalue weighted by atomic mass is 9.90. The van der Waals surface area contributed by atoms with Crippen molar-refractivity contribution in [1.82, 2.24) is 4.98 Å². The molecule has 4 nitrogen and oxygen atoms in total. The summed E-state index contributed by atoms with van der Waals surface area (Å²) in [5.41, 5.74) is 10.6. The van der Waals surface area contributed by atoms with Gasteiger partial charge in [0.2, 0.25) is 0 Å². The fraction of sp³-hybridized carbons (Fsp3) is 0.412. The van der Waals surface area contributed by atoms with Crippen molar-refractivity contribution in [2.24, 2.45) is 0 Å². The first-order chi connectivity index (χ1) is 10.7. The molecular formula is C17H20N2O2S. The van der Waals surface area contributed by atoms with Crippen molar-refractivity contribution in [2.75, 3.05) is 12.3 Å². The van der Waals surface area contributed by atoms with Crippen LogP contribution in [0.15, 0.2) is 18.2 Å². The third kappa shape index (κ3) is 3.14. The van der Waals surface area contributed by atoms with Crippen molar-refractivity contribution in [3.8, 4) is 11.3 Å². The molecular weight excluding hydrogens is 296 g/mol. The van der Waals surface area contributed by atoms with E-state index in [-0.39, 0.29) is 12.4 Å². The van der Waals surface area contributed by atoms with Gasteiger partial charge in [-0.15, -0.1) is 11.3 Å². The van der Waals surface area contributed by atoms with Gasteiger partial charge in [0.15, 0.2) is 5.13 Å². The van der Waals surface area contributed by atoms with Gasteiger partial charge in [0.25, 0.3) is 0 Å². The number of nitrogens with zero attached hydrogens (tertiary/aromatic N) is 1. The molecule has 0 aliphatic heterocycles. The van der Waals surface area contributed by atoms with E-state index in [1.807, 2.05) is 6.92 Å². The summed E-state index contributed by atoms with van der Waals surface area (Å²) >= 11 is 1.37. The Hall–Kier alpha value is -1.88. The van der Waals surface area contributed by atoms with Crippen molar-refractivity contribution < 1.29 is 9.53 Å². The molecule has 2 N–H and O–H groups in total. The van der Waals surface area contributed by atoms with Gasteiger partial charge < -0.3 is 10.5 Å². The highest BCUT2D eigenvalue weighted by molar-refractivity contribution is 7.15. The van der Waals surface area contributed by atoms with Crippen LogP contribution in [-0.4, -0.2) is 17.6 Å². The second kappa shape index (κ2) is 6.48. The van der Waals surface area contributed by atoms with Crippen LogP contribution in [0.2, 0.25) is 0 Å². The first kappa shape index (κ1) is 15.0. The van der Waals surface area contributed by atoms with Crippen LogP contribution < -0.4 is 5.73 Å². The number of fused-ring (bicyclic) bond motifs is 1. The van der Waals surface area contributed by atoms with Crippen molar-refractivity contribution in [3.63, 3.8) is 0 Å². The molecule has 22 heavy (non-hydrogen) atoms. The highest BCUT2D eigenvalue weighted by Gasteiger charge is 2.17. The smallest absolute Gasteiger partial charge is 0.311 e. The predicted octanol–water partition coefficient (Wildman–Crippen LogP) is 3.38. The van der Waals surface area contributed by atoms with Gasteiger partial charge in [-0.05, 0) is 49.8 Å². The van der Waals surface area contributed by atoms with Gasteiger partial charge in [0.05, 0.1) is 18.7 Å². The lowest BCUT2D eigenvalue weighted by Crippen LogP contribution is -2.07. The summed E-state index contributed by atoms with van der Waals surface area (Å²) in [7, 11) is 0. The van der Waals surface area contributed by atoms with Gasteiger partial charge in [0, 0.05) is 10.4 Å². The molecule has 0 atom stereocenters.